The van der Waals surface area contributed by atoms with E-state index in [0.29, 0.717) is 13.2 Å². The molecule has 2 aromatic carbocycles. The summed E-state index contributed by atoms with van der Waals surface area (Å²) in [5.41, 5.74) is 2.90. The molecule has 0 spiro atoms. The molecule has 0 radical (unpaired) electrons. The molecule has 0 amide bonds. The van der Waals surface area contributed by atoms with E-state index in [1.54, 1.807) is 0 Å². The highest BCUT2D eigenvalue weighted by Gasteiger charge is 2.09. The second kappa shape index (κ2) is 9.17. The van der Waals surface area contributed by atoms with Crippen LogP contribution in [0.2, 0.25) is 0 Å². The van der Waals surface area contributed by atoms with Crippen LogP contribution >= 0.6 is 0 Å². The zero-order valence-electron chi connectivity index (χ0n) is 14.9. The Kier molecular flexibility index (Phi) is 6.41. The van der Waals surface area contributed by atoms with Crippen LogP contribution in [-0.4, -0.2) is 22.9 Å². The van der Waals surface area contributed by atoms with Crippen molar-refractivity contribution in [3.8, 4) is 17.0 Å². The van der Waals surface area contributed by atoms with Gasteiger partial charge in [-0.1, -0.05) is 42.4 Å². The average Bonchev–Trinajstić information content (AvgIpc) is 3.17. The molecule has 0 fully saturated rings. The van der Waals surface area contributed by atoms with E-state index in [1.165, 1.54) is 0 Å². The van der Waals surface area contributed by atoms with Gasteiger partial charge < -0.3 is 19.7 Å². The molecule has 3 aromatic rings. The van der Waals surface area contributed by atoms with Crippen molar-refractivity contribution in [3.05, 3.63) is 72.0 Å². The van der Waals surface area contributed by atoms with Crippen molar-refractivity contribution in [3.63, 3.8) is 0 Å². The minimum atomic E-state index is 0.0737. The maximum Gasteiger partial charge on any atom is 0.151 e. The standard InChI is InChI=1S/C21H24N2O3/c1-2-18(14-24)22-13-20-12-21(23-26-20)17-8-10-19(11-9-17)25-15-16-6-4-3-5-7-16/h3-12,18,22,24H,2,13-15H2,1H3. The summed E-state index contributed by atoms with van der Waals surface area (Å²) < 4.78 is 11.2. The number of nitrogens with one attached hydrogen (secondary N) is 1. The molecular formula is C21H24N2O3. The van der Waals surface area contributed by atoms with Crippen molar-refractivity contribution >= 4 is 0 Å². The summed E-state index contributed by atoms with van der Waals surface area (Å²) in [6, 6.07) is 19.9. The maximum absolute atomic E-state index is 9.21. The predicted octanol–water partition coefficient (Wildman–Crippen LogP) is 3.78. The third kappa shape index (κ3) is 4.94. The molecular weight excluding hydrogens is 328 g/mol. The van der Waals surface area contributed by atoms with Gasteiger partial charge in [-0.3, -0.25) is 0 Å². The summed E-state index contributed by atoms with van der Waals surface area (Å²) in [7, 11) is 0. The first kappa shape index (κ1) is 18.2. The number of aliphatic hydroxyl groups excluding tert-OH is 1. The molecule has 3 rings (SSSR count). The molecule has 1 aromatic heterocycles. The Bertz CT molecular complexity index is 781. The molecule has 0 saturated carbocycles. The molecule has 0 aliphatic carbocycles. The summed E-state index contributed by atoms with van der Waals surface area (Å²) in [4.78, 5) is 0. The average molecular weight is 352 g/mol. The molecule has 26 heavy (non-hydrogen) atoms. The van der Waals surface area contributed by atoms with E-state index in [-0.39, 0.29) is 12.6 Å². The van der Waals surface area contributed by atoms with Crippen molar-refractivity contribution in [2.24, 2.45) is 0 Å². The first-order valence-corrected chi connectivity index (χ1v) is 8.85. The van der Waals surface area contributed by atoms with Gasteiger partial charge in [-0.2, -0.15) is 0 Å². The summed E-state index contributed by atoms with van der Waals surface area (Å²) in [5.74, 6) is 1.56. The molecule has 5 nitrogen and oxygen atoms in total. The van der Waals surface area contributed by atoms with Gasteiger partial charge >= 0.3 is 0 Å². The van der Waals surface area contributed by atoms with E-state index in [2.05, 4.69) is 10.5 Å². The topological polar surface area (TPSA) is 67.5 Å². The smallest absolute Gasteiger partial charge is 0.151 e. The molecule has 1 atom stereocenters. The molecule has 0 aliphatic heterocycles. The fraction of sp³-hybridized carbons (Fsp3) is 0.286. The number of nitrogens with zero attached hydrogens (tertiary/aromatic N) is 1. The van der Waals surface area contributed by atoms with Crippen LogP contribution in [0.5, 0.6) is 5.75 Å². The van der Waals surface area contributed by atoms with Crippen LogP contribution in [0.1, 0.15) is 24.7 Å². The van der Waals surface area contributed by atoms with Gasteiger partial charge in [0.2, 0.25) is 0 Å². The number of rotatable bonds is 9. The largest absolute Gasteiger partial charge is 0.489 e. The highest BCUT2D eigenvalue weighted by atomic mass is 16.5. The Labute approximate surface area is 153 Å². The van der Waals surface area contributed by atoms with Gasteiger partial charge in [-0.05, 0) is 36.2 Å². The van der Waals surface area contributed by atoms with Crippen LogP contribution in [-0.2, 0) is 13.2 Å². The first-order valence-electron chi connectivity index (χ1n) is 8.85. The third-order valence-corrected chi connectivity index (χ3v) is 4.24. The van der Waals surface area contributed by atoms with Gasteiger partial charge in [0, 0.05) is 17.7 Å². The van der Waals surface area contributed by atoms with Crippen molar-refractivity contribution in [2.45, 2.75) is 32.5 Å². The zero-order chi connectivity index (χ0) is 18.2. The fourth-order valence-electron chi connectivity index (χ4n) is 2.58. The highest BCUT2D eigenvalue weighted by molar-refractivity contribution is 5.59. The number of hydrogen-bond acceptors (Lipinski definition) is 5. The number of ether oxygens (including phenoxy) is 1. The van der Waals surface area contributed by atoms with E-state index in [9.17, 15) is 5.11 Å². The maximum atomic E-state index is 9.21. The molecule has 2 N–H and O–H groups in total. The molecule has 1 unspecified atom stereocenters. The van der Waals surface area contributed by atoms with Gasteiger partial charge in [0.1, 0.15) is 18.1 Å². The molecule has 1 heterocycles. The van der Waals surface area contributed by atoms with Crippen molar-refractivity contribution in [1.29, 1.82) is 0 Å². The normalized spacial score (nSPS) is 12.1. The Morgan fingerprint density at radius 3 is 2.58 bits per heavy atom. The highest BCUT2D eigenvalue weighted by Crippen LogP contribution is 2.23. The lowest BCUT2D eigenvalue weighted by molar-refractivity contribution is 0.233. The number of hydrogen-bond donors (Lipinski definition) is 2. The quantitative estimate of drug-likeness (QED) is 0.613. The van der Waals surface area contributed by atoms with Gasteiger partial charge in [-0.25, -0.2) is 0 Å². The lowest BCUT2D eigenvalue weighted by Crippen LogP contribution is -2.30. The van der Waals surface area contributed by atoms with Crippen LogP contribution in [0.15, 0.2) is 65.2 Å². The third-order valence-electron chi connectivity index (χ3n) is 4.24. The molecule has 0 bridgehead atoms. The predicted molar refractivity (Wildman–Crippen MR) is 101 cm³/mol. The van der Waals surface area contributed by atoms with Crippen LogP contribution in [0.4, 0.5) is 0 Å². The Hall–Kier alpha value is -2.63. The van der Waals surface area contributed by atoms with E-state index >= 15 is 0 Å². The second-order valence-electron chi connectivity index (χ2n) is 6.15. The molecule has 5 heteroatoms. The number of benzene rings is 2. The molecule has 136 valence electrons. The summed E-state index contributed by atoms with van der Waals surface area (Å²) >= 11 is 0. The van der Waals surface area contributed by atoms with Gasteiger partial charge in [0.25, 0.3) is 0 Å². The monoisotopic (exact) mass is 352 g/mol. The van der Waals surface area contributed by atoms with Crippen molar-refractivity contribution in [2.75, 3.05) is 6.61 Å². The lowest BCUT2D eigenvalue weighted by atomic mass is 10.1. The molecule has 0 aliphatic rings. The van der Waals surface area contributed by atoms with Crippen molar-refractivity contribution < 1.29 is 14.4 Å². The van der Waals surface area contributed by atoms with E-state index < -0.39 is 0 Å². The second-order valence-corrected chi connectivity index (χ2v) is 6.15. The molecule has 0 saturated heterocycles. The van der Waals surface area contributed by atoms with Gasteiger partial charge in [0.15, 0.2) is 5.76 Å². The van der Waals surface area contributed by atoms with Crippen LogP contribution in [0.3, 0.4) is 0 Å². The van der Waals surface area contributed by atoms with Gasteiger partial charge in [0.05, 0.1) is 13.2 Å². The Morgan fingerprint density at radius 2 is 1.88 bits per heavy atom. The van der Waals surface area contributed by atoms with Crippen molar-refractivity contribution in [1.82, 2.24) is 10.5 Å². The van der Waals surface area contributed by atoms with Crippen LogP contribution in [0.25, 0.3) is 11.3 Å². The SMILES string of the molecule is CCC(CO)NCc1cc(-c2ccc(OCc3ccccc3)cc2)no1. The summed E-state index contributed by atoms with van der Waals surface area (Å²) in [6.07, 6.45) is 0.863. The summed E-state index contributed by atoms with van der Waals surface area (Å²) in [6.45, 7) is 3.23. The lowest BCUT2D eigenvalue weighted by Gasteiger charge is -2.11. The fourth-order valence-corrected chi connectivity index (χ4v) is 2.58. The number of aromatic nitrogens is 1. The van der Waals surface area contributed by atoms with E-state index in [4.69, 9.17) is 9.26 Å². The number of aliphatic hydroxyl groups is 1. The first-order chi connectivity index (χ1) is 12.8. The zero-order valence-corrected chi connectivity index (χ0v) is 14.9. The van der Waals surface area contributed by atoms with E-state index in [1.807, 2.05) is 67.6 Å². The minimum absolute atomic E-state index is 0.0737. The Morgan fingerprint density at radius 1 is 1.12 bits per heavy atom. The van der Waals surface area contributed by atoms with E-state index in [0.717, 1.165) is 34.8 Å². The Balaban J connectivity index is 1.56. The summed E-state index contributed by atoms with van der Waals surface area (Å²) in [5, 5.41) is 16.6. The van der Waals surface area contributed by atoms with Gasteiger partial charge in [-0.15, -0.1) is 0 Å². The minimum Gasteiger partial charge on any atom is -0.489 e. The van der Waals surface area contributed by atoms with Crippen LogP contribution in [0, 0.1) is 0 Å². The van der Waals surface area contributed by atoms with Crippen LogP contribution < -0.4 is 10.1 Å².